The van der Waals surface area contributed by atoms with Crippen LogP contribution in [0.1, 0.15) is 22.3 Å². The van der Waals surface area contributed by atoms with E-state index in [9.17, 15) is 41.8 Å². The molecule has 198 valence electrons. The number of aliphatic hydroxyl groups is 1. The first-order valence-corrected chi connectivity index (χ1v) is 10.7. The second-order valence-corrected chi connectivity index (χ2v) is 8.06. The van der Waals surface area contributed by atoms with E-state index < -0.39 is 48.4 Å². The highest BCUT2D eigenvalue weighted by Crippen LogP contribution is 2.30. The molecule has 0 spiro atoms. The highest BCUT2D eigenvalue weighted by Gasteiger charge is 2.35. The molecule has 0 bridgehead atoms. The Kier molecular flexibility index (Phi) is 8.42. The number of carboxylic acids is 1. The lowest BCUT2D eigenvalue weighted by Crippen LogP contribution is -2.41. The average Bonchev–Trinajstić information content (AvgIpc) is 3.32. The minimum atomic E-state index is -4.56. The number of alkyl halides is 3. The molecule has 0 aliphatic heterocycles. The minimum Gasteiger partial charge on any atom is -0.484 e. The molecule has 14 heteroatoms. The number of ether oxygens (including phenoxy) is 1. The zero-order valence-corrected chi connectivity index (χ0v) is 19.0. The number of halogens is 5. The van der Waals surface area contributed by atoms with E-state index in [4.69, 9.17) is 0 Å². The molecule has 9 nitrogen and oxygen atoms in total. The molecular formula is C23H21F5N4O5. The third-order valence-electron chi connectivity index (χ3n) is 5.24. The molecule has 0 fully saturated rings. The van der Waals surface area contributed by atoms with E-state index in [2.05, 4.69) is 15.0 Å². The van der Waals surface area contributed by atoms with Gasteiger partial charge in [-0.1, -0.05) is 11.3 Å². The zero-order valence-electron chi connectivity index (χ0n) is 19.0. The van der Waals surface area contributed by atoms with Gasteiger partial charge in [0.25, 0.3) is 5.91 Å². The summed E-state index contributed by atoms with van der Waals surface area (Å²) in [5.41, 5.74) is -2.43. The van der Waals surface area contributed by atoms with Crippen molar-refractivity contribution in [2.24, 2.45) is 0 Å². The third kappa shape index (κ3) is 7.70. The molecule has 3 rings (SSSR count). The van der Waals surface area contributed by atoms with Crippen molar-refractivity contribution >= 4 is 11.9 Å². The quantitative estimate of drug-likeness (QED) is 0.368. The number of hydrogen-bond acceptors (Lipinski definition) is 6. The molecule has 0 aliphatic rings. The van der Waals surface area contributed by atoms with Gasteiger partial charge in [-0.15, -0.1) is 5.10 Å². The Morgan fingerprint density at radius 2 is 1.78 bits per heavy atom. The number of aliphatic carboxylic acids is 1. The van der Waals surface area contributed by atoms with Gasteiger partial charge in [-0.3, -0.25) is 9.59 Å². The van der Waals surface area contributed by atoms with Crippen LogP contribution in [0.25, 0.3) is 0 Å². The maximum Gasteiger partial charge on any atom is 0.422 e. The predicted octanol–water partition coefficient (Wildman–Crippen LogP) is 3.00. The molecule has 1 aromatic heterocycles. The largest absolute Gasteiger partial charge is 0.484 e. The highest BCUT2D eigenvalue weighted by atomic mass is 19.4. The van der Waals surface area contributed by atoms with Crippen molar-refractivity contribution in [3.05, 3.63) is 77.6 Å². The smallest absolute Gasteiger partial charge is 0.422 e. The van der Waals surface area contributed by atoms with Gasteiger partial charge in [0.1, 0.15) is 29.5 Å². The van der Waals surface area contributed by atoms with Crippen LogP contribution in [-0.2, 0) is 16.9 Å². The summed E-state index contributed by atoms with van der Waals surface area (Å²) < 4.78 is 70.8. The average molecular weight is 528 g/mol. The highest BCUT2D eigenvalue weighted by molar-refractivity contribution is 5.96. The van der Waals surface area contributed by atoms with Crippen LogP contribution >= 0.6 is 0 Å². The molecule has 0 saturated heterocycles. The number of carbonyl (C=O) groups is 2. The summed E-state index contributed by atoms with van der Waals surface area (Å²) in [5.74, 6) is -4.30. The topological polar surface area (TPSA) is 118 Å². The number of amides is 1. The van der Waals surface area contributed by atoms with E-state index in [0.29, 0.717) is 6.07 Å². The lowest BCUT2D eigenvalue weighted by Gasteiger charge is -2.31. The summed E-state index contributed by atoms with van der Waals surface area (Å²) in [7, 11) is 0. The molecule has 0 aliphatic carbocycles. The molecular weight excluding hydrogens is 507 g/mol. The molecule has 0 radical (unpaired) electrons. The van der Waals surface area contributed by atoms with Crippen LogP contribution in [0.2, 0.25) is 0 Å². The fourth-order valence-electron chi connectivity index (χ4n) is 3.53. The van der Waals surface area contributed by atoms with Gasteiger partial charge in [-0.05, 0) is 36.8 Å². The molecule has 2 aromatic carbocycles. The maximum absolute atomic E-state index is 14.6. The van der Waals surface area contributed by atoms with Crippen molar-refractivity contribution in [1.29, 1.82) is 0 Å². The van der Waals surface area contributed by atoms with Gasteiger partial charge in [0.2, 0.25) is 0 Å². The molecule has 0 saturated carbocycles. The number of rotatable bonds is 11. The first-order valence-electron chi connectivity index (χ1n) is 10.7. The van der Waals surface area contributed by atoms with E-state index in [1.807, 2.05) is 0 Å². The Hall–Kier alpha value is -4.07. The number of carboxylic acid groups (broad SMARTS) is 1. The van der Waals surface area contributed by atoms with Gasteiger partial charge in [0.05, 0.1) is 12.7 Å². The minimum absolute atomic E-state index is 0.0617. The molecule has 3 aromatic rings. The lowest BCUT2D eigenvalue weighted by atomic mass is 9.89. The summed E-state index contributed by atoms with van der Waals surface area (Å²) in [6, 6.07) is 7.09. The standard InChI is InChI=1S/C23H21F5N4O5/c24-16-3-6-18(19(25)11-16)22(36,13-32-10-8-29-30-32)7-9-31(12-20(33)34)21(35)15-1-4-17(5-2-15)37-14-23(26,27)28/h1-6,8,10-11,36H,7,9,12-14H2,(H,33,34). The van der Waals surface area contributed by atoms with Crippen molar-refractivity contribution in [2.75, 3.05) is 19.7 Å². The van der Waals surface area contributed by atoms with Crippen LogP contribution in [0.15, 0.2) is 54.9 Å². The van der Waals surface area contributed by atoms with Crippen molar-refractivity contribution < 1.29 is 46.5 Å². The van der Waals surface area contributed by atoms with E-state index >= 15 is 0 Å². The van der Waals surface area contributed by atoms with Gasteiger partial charge in [0.15, 0.2) is 6.61 Å². The summed E-state index contributed by atoms with van der Waals surface area (Å²) in [5, 5.41) is 28.0. The monoisotopic (exact) mass is 528 g/mol. The van der Waals surface area contributed by atoms with Crippen molar-refractivity contribution in [3.63, 3.8) is 0 Å². The Balaban J connectivity index is 1.82. The van der Waals surface area contributed by atoms with Crippen LogP contribution in [-0.4, -0.2) is 67.9 Å². The first-order chi connectivity index (χ1) is 17.4. The van der Waals surface area contributed by atoms with Crippen molar-refractivity contribution in [2.45, 2.75) is 24.7 Å². The lowest BCUT2D eigenvalue weighted by molar-refractivity contribution is -0.153. The van der Waals surface area contributed by atoms with E-state index in [1.54, 1.807) is 0 Å². The third-order valence-corrected chi connectivity index (χ3v) is 5.24. The summed E-state index contributed by atoms with van der Waals surface area (Å²) in [4.78, 5) is 25.3. The summed E-state index contributed by atoms with van der Waals surface area (Å²) >= 11 is 0. The molecule has 1 heterocycles. The maximum atomic E-state index is 14.6. The molecule has 1 amide bonds. The SMILES string of the molecule is O=C(O)CN(CCC(O)(Cn1ccnn1)c1ccc(F)cc1F)C(=O)c1ccc(OCC(F)(F)F)cc1. The predicted molar refractivity (Wildman–Crippen MR) is 116 cm³/mol. The molecule has 1 atom stereocenters. The van der Waals surface area contributed by atoms with Crippen LogP contribution in [0.3, 0.4) is 0 Å². The number of carbonyl (C=O) groups excluding carboxylic acids is 1. The zero-order chi connectivity index (χ0) is 27.2. The fraction of sp³-hybridized carbons (Fsp3) is 0.304. The van der Waals surface area contributed by atoms with Gasteiger partial charge in [-0.25, -0.2) is 13.5 Å². The second kappa shape index (κ2) is 11.3. The van der Waals surface area contributed by atoms with E-state index in [1.165, 1.54) is 17.1 Å². The van der Waals surface area contributed by atoms with Gasteiger partial charge >= 0.3 is 12.1 Å². The van der Waals surface area contributed by atoms with Crippen LogP contribution in [0.4, 0.5) is 22.0 Å². The molecule has 2 N–H and O–H groups in total. The Morgan fingerprint density at radius 1 is 1.08 bits per heavy atom. The number of aromatic nitrogens is 3. The van der Waals surface area contributed by atoms with Crippen LogP contribution in [0, 0.1) is 11.6 Å². The van der Waals surface area contributed by atoms with Gasteiger partial charge in [0, 0.05) is 29.9 Å². The Labute approximate surface area is 206 Å². The number of nitrogens with zero attached hydrogens (tertiary/aromatic N) is 4. The molecule has 37 heavy (non-hydrogen) atoms. The summed E-state index contributed by atoms with van der Waals surface area (Å²) in [6.45, 7) is -3.07. The number of hydrogen-bond donors (Lipinski definition) is 2. The normalized spacial score (nSPS) is 13.1. The summed E-state index contributed by atoms with van der Waals surface area (Å²) in [6.07, 6.45) is -2.25. The van der Waals surface area contributed by atoms with Crippen molar-refractivity contribution in [3.8, 4) is 5.75 Å². The fourth-order valence-corrected chi connectivity index (χ4v) is 3.53. The second-order valence-electron chi connectivity index (χ2n) is 8.06. The number of benzene rings is 2. The van der Waals surface area contributed by atoms with Crippen LogP contribution < -0.4 is 4.74 Å². The van der Waals surface area contributed by atoms with Gasteiger partial charge in [-0.2, -0.15) is 13.2 Å². The Morgan fingerprint density at radius 3 is 2.35 bits per heavy atom. The van der Waals surface area contributed by atoms with E-state index in [-0.39, 0.29) is 36.4 Å². The Bertz CT molecular complexity index is 1220. The first kappa shape index (κ1) is 27.5. The van der Waals surface area contributed by atoms with E-state index in [0.717, 1.165) is 41.3 Å². The van der Waals surface area contributed by atoms with Crippen LogP contribution in [0.5, 0.6) is 5.75 Å². The van der Waals surface area contributed by atoms with Gasteiger partial charge < -0.3 is 19.8 Å². The molecule has 1 unspecified atom stereocenters. The van der Waals surface area contributed by atoms with Crippen molar-refractivity contribution in [1.82, 2.24) is 19.9 Å².